The Bertz CT molecular complexity index is 548. The van der Waals surface area contributed by atoms with Gasteiger partial charge in [-0.25, -0.2) is 4.98 Å². The van der Waals surface area contributed by atoms with Crippen molar-refractivity contribution in [1.82, 2.24) is 9.55 Å². The molecule has 1 aliphatic carbocycles. The maximum Gasteiger partial charge on any atom is 0.201 e. The first kappa shape index (κ1) is 11.6. The molecule has 0 atom stereocenters. The molecule has 0 aliphatic heterocycles. The number of nitrogens with two attached hydrogens (primary N) is 1. The fourth-order valence-corrected chi connectivity index (χ4v) is 3.17. The summed E-state index contributed by atoms with van der Waals surface area (Å²) in [6, 6.07) is 6.90. The molecule has 3 heteroatoms. The van der Waals surface area contributed by atoms with E-state index >= 15 is 0 Å². The molecule has 1 fully saturated rings. The predicted octanol–water partition coefficient (Wildman–Crippen LogP) is 3.82. The average Bonchev–Trinajstić information content (AvgIpc) is 2.54. The van der Waals surface area contributed by atoms with Gasteiger partial charge in [-0.2, -0.15) is 0 Å². The van der Waals surface area contributed by atoms with Gasteiger partial charge in [0, 0.05) is 6.04 Å². The number of imidazole rings is 1. The Morgan fingerprint density at radius 1 is 1.17 bits per heavy atom. The van der Waals surface area contributed by atoms with Crippen molar-refractivity contribution in [2.45, 2.75) is 51.5 Å². The van der Waals surface area contributed by atoms with E-state index in [4.69, 9.17) is 5.73 Å². The molecule has 1 aromatic heterocycles. The summed E-state index contributed by atoms with van der Waals surface area (Å²) in [4.78, 5) is 4.56. The highest BCUT2D eigenvalue weighted by Gasteiger charge is 2.19. The van der Waals surface area contributed by atoms with Crippen LogP contribution in [-0.2, 0) is 0 Å². The second-order valence-electron chi connectivity index (χ2n) is 5.43. The monoisotopic (exact) mass is 243 g/mol. The van der Waals surface area contributed by atoms with E-state index in [0.717, 1.165) is 5.52 Å². The molecule has 2 aromatic rings. The Morgan fingerprint density at radius 3 is 2.61 bits per heavy atom. The summed E-state index contributed by atoms with van der Waals surface area (Å²) in [5.74, 6) is 0.686. The normalized spacial score (nSPS) is 18.1. The van der Waals surface area contributed by atoms with E-state index in [-0.39, 0.29) is 0 Å². The summed E-state index contributed by atoms with van der Waals surface area (Å²) < 4.78 is 2.27. The van der Waals surface area contributed by atoms with Gasteiger partial charge in [-0.3, -0.25) is 0 Å². The molecule has 0 amide bonds. The minimum atomic E-state index is 0.541. The van der Waals surface area contributed by atoms with Gasteiger partial charge in [0.05, 0.1) is 11.0 Å². The first-order chi connectivity index (χ1) is 8.77. The minimum absolute atomic E-state index is 0.541. The molecule has 0 bridgehead atoms. The molecule has 3 rings (SSSR count). The van der Waals surface area contributed by atoms with Gasteiger partial charge in [-0.15, -0.1) is 0 Å². The van der Waals surface area contributed by atoms with Crippen LogP contribution < -0.4 is 5.73 Å². The molecule has 96 valence electrons. The molecule has 0 spiro atoms. The van der Waals surface area contributed by atoms with E-state index in [9.17, 15) is 0 Å². The lowest BCUT2D eigenvalue weighted by Gasteiger charge is -2.18. The Labute approximate surface area is 108 Å². The Hall–Kier alpha value is -1.51. The van der Waals surface area contributed by atoms with Crippen molar-refractivity contribution < 1.29 is 0 Å². The van der Waals surface area contributed by atoms with Gasteiger partial charge in [0.2, 0.25) is 5.95 Å². The van der Waals surface area contributed by atoms with Crippen molar-refractivity contribution >= 4 is 17.0 Å². The smallest absolute Gasteiger partial charge is 0.201 e. The van der Waals surface area contributed by atoms with Gasteiger partial charge in [0.25, 0.3) is 0 Å². The van der Waals surface area contributed by atoms with Crippen LogP contribution in [0.25, 0.3) is 11.0 Å². The van der Waals surface area contributed by atoms with E-state index in [1.54, 1.807) is 0 Å². The molecular weight excluding hydrogens is 222 g/mol. The molecule has 18 heavy (non-hydrogen) atoms. The molecule has 1 aromatic carbocycles. The Morgan fingerprint density at radius 2 is 1.89 bits per heavy atom. The average molecular weight is 243 g/mol. The lowest BCUT2D eigenvalue weighted by atomic mass is 10.1. The zero-order valence-corrected chi connectivity index (χ0v) is 11.0. The van der Waals surface area contributed by atoms with Gasteiger partial charge in [-0.05, 0) is 31.4 Å². The molecule has 2 N–H and O–H groups in total. The highest BCUT2D eigenvalue weighted by molar-refractivity contribution is 5.81. The lowest BCUT2D eigenvalue weighted by Crippen LogP contribution is -2.11. The van der Waals surface area contributed by atoms with E-state index in [1.165, 1.54) is 49.6 Å². The molecule has 1 aliphatic rings. The first-order valence-electron chi connectivity index (χ1n) is 7.00. The topological polar surface area (TPSA) is 43.8 Å². The number of fused-ring (bicyclic) bond motifs is 1. The third-order valence-electron chi connectivity index (χ3n) is 4.14. The molecule has 0 saturated heterocycles. The summed E-state index contributed by atoms with van der Waals surface area (Å²) in [7, 11) is 0. The van der Waals surface area contributed by atoms with Crippen LogP contribution >= 0.6 is 0 Å². The fourth-order valence-electron chi connectivity index (χ4n) is 3.17. The quantitative estimate of drug-likeness (QED) is 0.774. The van der Waals surface area contributed by atoms with E-state index < -0.39 is 0 Å². The first-order valence-corrected chi connectivity index (χ1v) is 7.00. The highest BCUT2D eigenvalue weighted by atomic mass is 15.2. The number of aryl methyl sites for hydroxylation is 1. The van der Waals surface area contributed by atoms with Gasteiger partial charge in [0.1, 0.15) is 0 Å². The van der Waals surface area contributed by atoms with E-state index in [1.807, 2.05) is 0 Å². The number of nitrogens with zero attached hydrogens (tertiary/aromatic N) is 2. The van der Waals surface area contributed by atoms with Crippen LogP contribution in [0, 0.1) is 6.92 Å². The largest absolute Gasteiger partial charge is 0.369 e. The Kier molecular flexibility index (Phi) is 2.98. The number of para-hydroxylation sites is 1. The second kappa shape index (κ2) is 4.63. The summed E-state index contributed by atoms with van der Waals surface area (Å²) in [6.45, 7) is 2.10. The number of benzene rings is 1. The van der Waals surface area contributed by atoms with Crippen molar-refractivity contribution in [3.8, 4) is 0 Å². The summed E-state index contributed by atoms with van der Waals surface area (Å²) >= 11 is 0. The van der Waals surface area contributed by atoms with Crippen LogP contribution in [0.1, 0.15) is 50.1 Å². The van der Waals surface area contributed by atoms with Crippen molar-refractivity contribution in [3.63, 3.8) is 0 Å². The molecule has 0 radical (unpaired) electrons. The summed E-state index contributed by atoms with van der Waals surface area (Å²) in [5.41, 5.74) is 9.65. The third kappa shape index (κ3) is 1.88. The van der Waals surface area contributed by atoms with Crippen LogP contribution in [0.4, 0.5) is 5.95 Å². The zero-order chi connectivity index (χ0) is 12.5. The second-order valence-corrected chi connectivity index (χ2v) is 5.43. The van der Waals surface area contributed by atoms with Gasteiger partial charge >= 0.3 is 0 Å². The number of anilines is 1. The molecule has 3 nitrogen and oxygen atoms in total. The van der Waals surface area contributed by atoms with Gasteiger partial charge in [0.15, 0.2) is 0 Å². The van der Waals surface area contributed by atoms with E-state index in [2.05, 4.69) is 34.7 Å². The van der Waals surface area contributed by atoms with Crippen molar-refractivity contribution in [2.75, 3.05) is 5.73 Å². The lowest BCUT2D eigenvalue weighted by molar-refractivity contribution is 0.459. The molecular formula is C15H21N3. The predicted molar refractivity (Wildman–Crippen MR) is 75.6 cm³/mol. The SMILES string of the molecule is Cc1cccc2c1nc(N)n2C1CCCCCC1. The van der Waals surface area contributed by atoms with Crippen molar-refractivity contribution in [3.05, 3.63) is 23.8 Å². The van der Waals surface area contributed by atoms with Gasteiger partial charge < -0.3 is 10.3 Å². The van der Waals surface area contributed by atoms with Crippen molar-refractivity contribution in [1.29, 1.82) is 0 Å². The van der Waals surface area contributed by atoms with Crippen LogP contribution in [-0.4, -0.2) is 9.55 Å². The standard InChI is InChI=1S/C15H21N3/c1-11-7-6-10-13-14(11)17-15(16)18(13)12-8-4-2-3-5-9-12/h6-7,10,12H,2-5,8-9H2,1H3,(H2,16,17). The molecule has 0 unspecified atom stereocenters. The maximum atomic E-state index is 6.16. The Balaban J connectivity index is 2.10. The summed E-state index contributed by atoms with van der Waals surface area (Å²) in [5, 5.41) is 0. The van der Waals surface area contributed by atoms with Gasteiger partial charge in [-0.1, -0.05) is 37.8 Å². The number of hydrogen-bond acceptors (Lipinski definition) is 2. The van der Waals surface area contributed by atoms with Crippen LogP contribution in [0.2, 0.25) is 0 Å². The number of rotatable bonds is 1. The summed E-state index contributed by atoms with van der Waals surface area (Å²) in [6.07, 6.45) is 7.84. The number of nitrogen functional groups attached to an aromatic ring is 1. The molecule has 1 saturated carbocycles. The van der Waals surface area contributed by atoms with Crippen LogP contribution in [0.5, 0.6) is 0 Å². The van der Waals surface area contributed by atoms with E-state index in [0.29, 0.717) is 12.0 Å². The zero-order valence-electron chi connectivity index (χ0n) is 11.0. The number of hydrogen-bond donors (Lipinski definition) is 1. The van der Waals surface area contributed by atoms with Crippen LogP contribution in [0.3, 0.4) is 0 Å². The van der Waals surface area contributed by atoms with Crippen molar-refractivity contribution in [2.24, 2.45) is 0 Å². The number of aromatic nitrogens is 2. The minimum Gasteiger partial charge on any atom is -0.369 e. The third-order valence-corrected chi connectivity index (χ3v) is 4.14. The fraction of sp³-hybridized carbons (Fsp3) is 0.533. The highest BCUT2D eigenvalue weighted by Crippen LogP contribution is 2.33. The van der Waals surface area contributed by atoms with Crippen LogP contribution in [0.15, 0.2) is 18.2 Å². The maximum absolute atomic E-state index is 6.16. The molecule has 1 heterocycles.